The van der Waals surface area contributed by atoms with Gasteiger partial charge in [-0.15, -0.1) is 10.2 Å². The number of rotatable bonds is 4. The number of anilines is 1. The molecular weight excluding hydrogens is 316 g/mol. The number of benzene rings is 1. The molecule has 2 heterocycles. The van der Waals surface area contributed by atoms with Gasteiger partial charge in [0.25, 0.3) is 5.89 Å². The third-order valence-corrected chi connectivity index (χ3v) is 4.92. The molecule has 0 aliphatic heterocycles. The van der Waals surface area contributed by atoms with E-state index in [9.17, 15) is 0 Å². The van der Waals surface area contributed by atoms with Crippen LogP contribution in [0.1, 0.15) is 29.9 Å². The fourth-order valence-electron chi connectivity index (χ4n) is 3.25. The van der Waals surface area contributed by atoms with Crippen LogP contribution in [0.4, 0.5) is 5.95 Å². The van der Waals surface area contributed by atoms with Gasteiger partial charge in [0.2, 0.25) is 11.8 Å². The molecule has 2 aliphatic rings. The van der Waals surface area contributed by atoms with Gasteiger partial charge in [0.05, 0.1) is 11.1 Å². The van der Waals surface area contributed by atoms with Gasteiger partial charge < -0.3 is 15.5 Å². The van der Waals surface area contributed by atoms with Gasteiger partial charge in [-0.2, -0.15) is 0 Å². The quantitative estimate of drug-likeness (QED) is 0.752. The van der Waals surface area contributed by atoms with Crippen molar-refractivity contribution in [1.29, 1.82) is 0 Å². The Balaban J connectivity index is 1.29. The third-order valence-electron chi connectivity index (χ3n) is 4.92. The fourth-order valence-corrected chi connectivity index (χ4v) is 3.25. The smallest absolute Gasteiger partial charge is 0.250 e. The van der Waals surface area contributed by atoms with E-state index in [2.05, 4.69) is 49.7 Å². The highest BCUT2D eigenvalue weighted by Crippen LogP contribution is 2.42. The summed E-state index contributed by atoms with van der Waals surface area (Å²) >= 11 is 0. The van der Waals surface area contributed by atoms with Gasteiger partial charge in [-0.05, 0) is 36.8 Å². The Morgan fingerprint density at radius 3 is 2.36 bits per heavy atom. The number of nitrogens with zero attached hydrogens (tertiary/aromatic N) is 4. The summed E-state index contributed by atoms with van der Waals surface area (Å²) in [5.74, 6) is 1.51. The van der Waals surface area contributed by atoms with E-state index in [0.29, 0.717) is 29.3 Å². The Bertz CT molecular complexity index is 890. The van der Waals surface area contributed by atoms with Gasteiger partial charge in [0.1, 0.15) is 0 Å². The molecule has 7 nitrogen and oxygen atoms in total. The first-order chi connectivity index (χ1) is 12.2. The molecule has 0 radical (unpaired) electrons. The lowest BCUT2D eigenvalue weighted by Crippen LogP contribution is -2.20. The summed E-state index contributed by atoms with van der Waals surface area (Å²) in [6.07, 6.45) is 7.16. The SMILES string of the molecule is NC1(c2nnc(-c3cnc(NC4Cc5ccccc5C4)nc3)o2)CC1. The maximum atomic E-state index is 6.07. The molecule has 1 fully saturated rings. The third kappa shape index (κ3) is 2.66. The van der Waals surface area contributed by atoms with Crippen LogP contribution in [0.2, 0.25) is 0 Å². The Morgan fingerprint density at radius 1 is 1.04 bits per heavy atom. The van der Waals surface area contributed by atoms with Crippen molar-refractivity contribution in [2.24, 2.45) is 5.73 Å². The van der Waals surface area contributed by atoms with E-state index in [4.69, 9.17) is 10.2 Å². The highest BCUT2D eigenvalue weighted by Gasteiger charge is 2.45. The first kappa shape index (κ1) is 14.5. The summed E-state index contributed by atoms with van der Waals surface area (Å²) < 4.78 is 5.66. The fraction of sp³-hybridized carbons (Fsp3) is 0.333. The molecule has 3 N–H and O–H groups in total. The highest BCUT2D eigenvalue weighted by molar-refractivity contribution is 5.51. The van der Waals surface area contributed by atoms with Crippen molar-refractivity contribution in [2.45, 2.75) is 37.3 Å². The molecule has 25 heavy (non-hydrogen) atoms. The molecule has 3 aromatic rings. The summed E-state index contributed by atoms with van der Waals surface area (Å²) in [7, 11) is 0. The van der Waals surface area contributed by atoms with Gasteiger partial charge in [0, 0.05) is 18.4 Å². The first-order valence-corrected chi connectivity index (χ1v) is 8.48. The summed E-state index contributed by atoms with van der Waals surface area (Å²) in [4.78, 5) is 8.77. The van der Waals surface area contributed by atoms with E-state index >= 15 is 0 Å². The van der Waals surface area contributed by atoms with Crippen LogP contribution < -0.4 is 11.1 Å². The maximum Gasteiger partial charge on any atom is 0.250 e. The average Bonchev–Trinajstić information content (AvgIpc) is 3.06. The Morgan fingerprint density at radius 2 is 1.72 bits per heavy atom. The van der Waals surface area contributed by atoms with Crippen LogP contribution in [0.25, 0.3) is 11.5 Å². The normalized spacial score (nSPS) is 18.1. The topological polar surface area (TPSA) is 103 Å². The minimum atomic E-state index is -0.426. The van der Waals surface area contributed by atoms with Crippen LogP contribution in [-0.2, 0) is 18.4 Å². The Kier molecular flexibility index (Phi) is 3.11. The molecule has 0 amide bonds. The van der Waals surface area contributed by atoms with Crippen molar-refractivity contribution in [1.82, 2.24) is 20.2 Å². The van der Waals surface area contributed by atoms with Crippen LogP contribution in [0.5, 0.6) is 0 Å². The molecule has 0 saturated heterocycles. The second-order valence-corrected chi connectivity index (χ2v) is 6.88. The molecule has 5 rings (SSSR count). The molecule has 0 bridgehead atoms. The second-order valence-electron chi connectivity index (χ2n) is 6.88. The molecule has 2 aromatic heterocycles. The summed E-state index contributed by atoms with van der Waals surface area (Å²) in [6, 6.07) is 8.85. The molecule has 0 atom stereocenters. The minimum absolute atomic E-state index is 0.324. The van der Waals surface area contributed by atoms with Crippen LogP contribution >= 0.6 is 0 Å². The molecule has 1 aromatic carbocycles. The van der Waals surface area contributed by atoms with Gasteiger partial charge in [-0.3, -0.25) is 0 Å². The number of hydrogen-bond acceptors (Lipinski definition) is 7. The zero-order chi connectivity index (χ0) is 16.9. The second kappa shape index (κ2) is 5.35. The molecule has 0 unspecified atom stereocenters. The van der Waals surface area contributed by atoms with E-state index in [0.717, 1.165) is 25.7 Å². The number of nitrogens with one attached hydrogen (secondary N) is 1. The predicted octanol–water partition coefficient (Wildman–Crippen LogP) is 2.05. The molecule has 126 valence electrons. The summed E-state index contributed by atoms with van der Waals surface area (Å²) in [5.41, 5.74) is 9.13. The van der Waals surface area contributed by atoms with Crippen molar-refractivity contribution in [3.8, 4) is 11.5 Å². The summed E-state index contributed by atoms with van der Waals surface area (Å²) in [5, 5.41) is 11.5. The van der Waals surface area contributed by atoms with Crippen molar-refractivity contribution in [3.63, 3.8) is 0 Å². The molecule has 2 aliphatic carbocycles. The van der Waals surface area contributed by atoms with Crippen LogP contribution in [0.15, 0.2) is 41.1 Å². The lowest BCUT2D eigenvalue weighted by atomic mass is 10.1. The Hall–Kier alpha value is -2.80. The van der Waals surface area contributed by atoms with Crippen LogP contribution in [0, 0.1) is 0 Å². The minimum Gasteiger partial charge on any atom is -0.419 e. The molecule has 1 saturated carbocycles. The Labute approximate surface area is 144 Å². The van der Waals surface area contributed by atoms with Crippen LogP contribution in [0.3, 0.4) is 0 Å². The largest absolute Gasteiger partial charge is 0.419 e. The molecular formula is C18H18N6O. The zero-order valence-electron chi connectivity index (χ0n) is 13.6. The number of aromatic nitrogens is 4. The highest BCUT2D eigenvalue weighted by atomic mass is 16.4. The predicted molar refractivity (Wildman–Crippen MR) is 91.7 cm³/mol. The van der Waals surface area contributed by atoms with E-state index in [1.54, 1.807) is 12.4 Å². The maximum absolute atomic E-state index is 6.07. The molecule has 0 spiro atoms. The van der Waals surface area contributed by atoms with Gasteiger partial charge in [-0.25, -0.2) is 9.97 Å². The lowest BCUT2D eigenvalue weighted by Gasteiger charge is -2.11. The van der Waals surface area contributed by atoms with Crippen molar-refractivity contribution < 1.29 is 4.42 Å². The lowest BCUT2D eigenvalue weighted by molar-refractivity contribution is 0.449. The van der Waals surface area contributed by atoms with Gasteiger partial charge in [0.15, 0.2) is 0 Å². The van der Waals surface area contributed by atoms with E-state index in [-0.39, 0.29) is 0 Å². The average molecular weight is 334 g/mol. The van der Waals surface area contributed by atoms with E-state index in [1.807, 2.05) is 0 Å². The summed E-state index contributed by atoms with van der Waals surface area (Å²) in [6.45, 7) is 0. The van der Waals surface area contributed by atoms with E-state index in [1.165, 1.54) is 11.1 Å². The number of hydrogen-bond donors (Lipinski definition) is 2. The number of nitrogens with two attached hydrogens (primary N) is 1. The standard InChI is InChI=1S/C18H18N6O/c19-18(5-6-18)16-24-23-15(25-16)13-9-20-17(21-10-13)22-14-7-11-3-1-2-4-12(11)8-14/h1-4,9-10,14H,5-8,19H2,(H,20,21,22). The van der Waals surface area contributed by atoms with Crippen molar-refractivity contribution in [3.05, 3.63) is 53.7 Å². The number of fused-ring (bicyclic) bond motifs is 1. The van der Waals surface area contributed by atoms with Crippen molar-refractivity contribution in [2.75, 3.05) is 5.32 Å². The van der Waals surface area contributed by atoms with Crippen molar-refractivity contribution >= 4 is 5.95 Å². The molecule has 7 heteroatoms. The first-order valence-electron chi connectivity index (χ1n) is 8.48. The monoisotopic (exact) mass is 334 g/mol. The zero-order valence-corrected chi connectivity index (χ0v) is 13.6. The van der Waals surface area contributed by atoms with Gasteiger partial charge in [-0.1, -0.05) is 24.3 Å². The van der Waals surface area contributed by atoms with E-state index < -0.39 is 5.54 Å². The van der Waals surface area contributed by atoms with Gasteiger partial charge >= 0.3 is 0 Å². The van der Waals surface area contributed by atoms with Crippen LogP contribution in [-0.4, -0.2) is 26.2 Å².